The largest absolute Gasteiger partial charge is 0.382 e. The van der Waals surface area contributed by atoms with E-state index in [2.05, 4.69) is 34.9 Å². The van der Waals surface area contributed by atoms with Crippen molar-refractivity contribution in [3.8, 4) is 11.5 Å². The monoisotopic (exact) mass is 336 g/mol. The first kappa shape index (κ1) is 14.5. The number of hydrogen-bond donors (Lipinski definition) is 2. The lowest BCUT2D eigenvalue weighted by Crippen LogP contribution is -2.01. The minimum absolute atomic E-state index is 0.305. The summed E-state index contributed by atoms with van der Waals surface area (Å²) < 4.78 is 0. The Hall–Kier alpha value is -3.07. The van der Waals surface area contributed by atoms with Crippen molar-refractivity contribution >= 4 is 28.6 Å². The number of aryl methyl sites for hydroxylation is 1. The predicted molar refractivity (Wildman–Crippen MR) is 90.2 cm³/mol. The van der Waals surface area contributed by atoms with Crippen LogP contribution in [0.5, 0.6) is 0 Å². The number of aromatic nitrogens is 7. The van der Waals surface area contributed by atoms with Gasteiger partial charge in [-0.2, -0.15) is 0 Å². The van der Waals surface area contributed by atoms with E-state index in [0.29, 0.717) is 28.4 Å². The van der Waals surface area contributed by atoms with Gasteiger partial charge in [-0.3, -0.25) is 4.98 Å². The molecule has 4 rings (SSSR count). The van der Waals surface area contributed by atoms with Gasteiger partial charge in [0.05, 0.1) is 17.4 Å². The highest BCUT2D eigenvalue weighted by Crippen LogP contribution is 2.27. The highest BCUT2D eigenvalue weighted by atomic mass is 32.2. The summed E-state index contributed by atoms with van der Waals surface area (Å²) in [6.45, 7) is 1.87. The molecule has 0 atom stereocenters. The maximum absolute atomic E-state index is 6.07. The fourth-order valence-electron chi connectivity index (χ4n) is 2.10. The number of anilines is 1. The molecule has 8 nitrogen and oxygen atoms in total. The Kier molecular flexibility index (Phi) is 3.54. The van der Waals surface area contributed by atoms with Crippen molar-refractivity contribution in [1.82, 2.24) is 34.9 Å². The van der Waals surface area contributed by atoms with Crippen molar-refractivity contribution in [2.75, 3.05) is 5.73 Å². The molecule has 0 radical (unpaired) electrons. The summed E-state index contributed by atoms with van der Waals surface area (Å²) in [4.78, 5) is 29.0. The molecule has 24 heavy (non-hydrogen) atoms. The van der Waals surface area contributed by atoms with Gasteiger partial charge >= 0.3 is 0 Å². The van der Waals surface area contributed by atoms with Gasteiger partial charge in [-0.1, -0.05) is 0 Å². The van der Waals surface area contributed by atoms with Crippen molar-refractivity contribution < 1.29 is 0 Å². The third-order valence-electron chi connectivity index (χ3n) is 3.23. The van der Waals surface area contributed by atoms with Crippen LogP contribution in [0.2, 0.25) is 0 Å². The van der Waals surface area contributed by atoms with Gasteiger partial charge in [0, 0.05) is 18.6 Å². The highest BCUT2D eigenvalue weighted by molar-refractivity contribution is 7.99. The van der Waals surface area contributed by atoms with Crippen LogP contribution in [0.3, 0.4) is 0 Å². The molecule has 4 aromatic heterocycles. The van der Waals surface area contributed by atoms with E-state index in [9.17, 15) is 0 Å². The number of nitrogens with one attached hydrogen (secondary N) is 1. The molecular formula is C15H12N8S. The van der Waals surface area contributed by atoms with Crippen LogP contribution in [0, 0.1) is 6.92 Å². The zero-order valence-electron chi connectivity index (χ0n) is 12.6. The number of nitrogens with two attached hydrogens (primary N) is 1. The Morgan fingerprint density at radius 3 is 2.71 bits per heavy atom. The second-order valence-corrected chi connectivity index (χ2v) is 6.00. The topological polar surface area (TPSA) is 119 Å². The van der Waals surface area contributed by atoms with Crippen molar-refractivity contribution in [3.63, 3.8) is 0 Å². The Labute approximate surface area is 141 Å². The van der Waals surface area contributed by atoms with E-state index < -0.39 is 0 Å². The van der Waals surface area contributed by atoms with E-state index in [1.54, 1.807) is 24.8 Å². The quantitative estimate of drug-likeness (QED) is 0.584. The first-order valence-corrected chi connectivity index (χ1v) is 7.91. The molecule has 0 fully saturated rings. The molecule has 0 aliphatic rings. The van der Waals surface area contributed by atoms with Gasteiger partial charge < -0.3 is 10.7 Å². The summed E-state index contributed by atoms with van der Waals surface area (Å²) >= 11 is 1.41. The number of H-pyrrole nitrogens is 1. The van der Waals surface area contributed by atoms with Crippen LogP contribution < -0.4 is 5.73 Å². The smallest absolute Gasteiger partial charge is 0.182 e. The summed E-state index contributed by atoms with van der Waals surface area (Å²) in [7, 11) is 0. The summed E-state index contributed by atoms with van der Waals surface area (Å²) in [5.74, 6) is 0.736. The van der Waals surface area contributed by atoms with E-state index in [1.165, 1.54) is 11.8 Å². The average Bonchev–Trinajstić information content (AvgIpc) is 3.09. The SMILES string of the molecule is Cc1cnc(-c2nc(N)c3nc(Sc4ncc[nH]4)ccc3n2)cn1. The van der Waals surface area contributed by atoms with Gasteiger partial charge in [0.15, 0.2) is 16.8 Å². The molecule has 4 aromatic rings. The number of imidazole rings is 1. The van der Waals surface area contributed by atoms with Crippen LogP contribution in [-0.4, -0.2) is 34.9 Å². The lowest BCUT2D eigenvalue weighted by atomic mass is 10.3. The maximum atomic E-state index is 6.07. The second kappa shape index (κ2) is 5.85. The molecule has 3 N–H and O–H groups in total. The number of aromatic amines is 1. The lowest BCUT2D eigenvalue weighted by Gasteiger charge is -2.06. The van der Waals surface area contributed by atoms with Gasteiger partial charge in [0.2, 0.25) is 0 Å². The van der Waals surface area contributed by atoms with E-state index in [4.69, 9.17) is 5.73 Å². The first-order valence-electron chi connectivity index (χ1n) is 7.09. The number of nitrogen functional groups attached to an aromatic ring is 1. The molecule has 0 aliphatic carbocycles. The molecule has 9 heteroatoms. The zero-order chi connectivity index (χ0) is 16.5. The molecular weight excluding hydrogens is 324 g/mol. The number of rotatable bonds is 3. The summed E-state index contributed by atoms with van der Waals surface area (Å²) in [5.41, 5.74) is 8.68. The van der Waals surface area contributed by atoms with Crippen LogP contribution in [-0.2, 0) is 0 Å². The maximum Gasteiger partial charge on any atom is 0.182 e. The molecule has 0 saturated carbocycles. The molecule has 0 saturated heterocycles. The predicted octanol–water partition coefficient (Wildman–Crippen LogP) is 2.25. The molecule has 0 aromatic carbocycles. The molecule has 0 spiro atoms. The van der Waals surface area contributed by atoms with Crippen molar-refractivity contribution in [2.45, 2.75) is 17.1 Å². The molecule has 0 amide bonds. The van der Waals surface area contributed by atoms with Crippen molar-refractivity contribution in [3.05, 3.63) is 42.6 Å². The van der Waals surface area contributed by atoms with E-state index in [-0.39, 0.29) is 0 Å². The summed E-state index contributed by atoms with van der Waals surface area (Å²) in [6, 6.07) is 3.73. The second-order valence-electron chi connectivity index (χ2n) is 4.99. The highest BCUT2D eigenvalue weighted by Gasteiger charge is 2.11. The lowest BCUT2D eigenvalue weighted by molar-refractivity contribution is 1.04. The molecule has 118 valence electrons. The third-order valence-corrected chi connectivity index (χ3v) is 4.08. The van der Waals surface area contributed by atoms with Gasteiger partial charge in [-0.25, -0.2) is 24.9 Å². The minimum atomic E-state index is 0.305. The van der Waals surface area contributed by atoms with Crippen LogP contribution in [0.15, 0.2) is 47.1 Å². The van der Waals surface area contributed by atoms with Gasteiger partial charge in [0.25, 0.3) is 0 Å². The molecule has 0 unspecified atom stereocenters. The fourth-order valence-corrected chi connectivity index (χ4v) is 2.82. The average molecular weight is 336 g/mol. The van der Waals surface area contributed by atoms with Crippen LogP contribution >= 0.6 is 11.8 Å². The standard InChI is InChI=1S/C15H12N8S/c1-8-6-20-10(7-19-8)14-21-9-2-3-11(22-12(9)13(16)23-14)24-15-17-4-5-18-15/h2-7H,1H3,(H,17,18)(H2,16,21,23). The van der Waals surface area contributed by atoms with E-state index >= 15 is 0 Å². The van der Waals surface area contributed by atoms with E-state index in [1.807, 2.05) is 19.1 Å². The van der Waals surface area contributed by atoms with Crippen LogP contribution in [0.4, 0.5) is 5.82 Å². The Balaban J connectivity index is 1.75. The first-order chi connectivity index (χ1) is 11.7. The fraction of sp³-hybridized carbons (Fsp3) is 0.0667. The number of hydrogen-bond acceptors (Lipinski definition) is 8. The van der Waals surface area contributed by atoms with E-state index in [0.717, 1.165) is 15.9 Å². The van der Waals surface area contributed by atoms with Gasteiger partial charge in [0.1, 0.15) is 16.2 Å². The normalized spacial score (nSPS) is 11.0. The number of pyridine rings is 1. The molecule has 0 aliphatic heterocycles. The van der Waals surface area contributed by atoms with Crippen LogP contribution in [0.1, 0.15) is 5.69 Å². The Bertz CT molecular complexity index is 998. The third kappa shape index (κ3) is 2.76. The van der Waals surface area contributed by atoms with Crippen molar-refractivity contribution in [2.24, 2.45) is 0 Å². The summed E-state index contributed by atoms with van der Waals surface area (Å²) in [6.07, 6.45) is 6.75. The Morgan fingerprint density at radius 1 is 1.04 bits per heavy atom. The number of fused-ring (bicyclic) bond motifs is 1. The Morgan fingerprint density at radius 2 is 1.96 bits per heavy atom. The van der Waals surface area contributed by atoms with Crippen molar-refractivity contribution in [1.29, 1.82) is 0 Å². The zero-order valence-corrected chi connectivity index (χ0v) is 13.4. The minimum Gasteiger partial charge on any atom is -0.382 e. The molecule has 0 bridgehead atoms. The van der Waals surface area contributed by atoms with Gasteiger partial charge in [-0.05, 0) is 30.8 Å². The number of nitrogens with zero attached hydrogens (tertiary/aromatic N) is 6. The van der Waals surface area contributed by atoms with Gasteiger partial charge in [-0.15, -0.1) is 0 Å². The molecule has 4 heterocycles. The summed E-state index contributed by atoms with van der Waals surface area (Å²) in [5, 5.41) is 1.52. The van der Waals surface area contributed by atoms with Crippen LogP contribution in [0.25, 0.3) is 22.6 Å².